The molecule has 2 aromatic rings. The molecular weight excluding hydrogens is 316 g/mol. The van der Waals surface area contributed by atoms with Crippen LogP contribution in [0.25, 0.3) is 0 Å². The summed E-state index contributed by atoms with van der Waals surface area (Å²) in [5.74, 6) is 1.93. The molecule has 5 heteroatoms. The van der Waals surface area contributed by atoms with Crippen LogP contribution >= 0.6 is 0 Å². The van der Waals surface area contributed by atoms with Crippen LogP contribution in [0.1, 0.15) is 53.4 Å². The molecule has 4 rings (SSSR count). The average molecular weight is 340 g/mol. The molecule has 0 saturated carbocycles. The predicted molar refractivity (Wildman–Crippen MR) is 96.1 cm³/mol. The highest BCUT2D eigenvalue weighted by Gasteiger charge is 2.25. The molecule has 1 saturated heterocycles. The summed E-state index contributed by atoms with van der Waals surface area (Å²) in [4.78, 5) is 14.6. The summed E-state index contributed by atoms with van der Waals surface area (Å²) in [7, 11) is 1.66. The molecule has 0 unspecified atom stereocenters. The predicted octanol–water partition coefficient (Wildman–Crippen LogP) is 4.01. The number of carbonyl (C=O) groups excluding carboxylic acids is 1. The molecule has 5 nitrogen and oxygen atoms in total. The number of benzene rings is 1. The Kier molecular flexibility index (Phi) is 4.38. The van der Waals surface area contributed by atoms with Crippen LogP contribution in [-0.2, 0) is 6.42 Å². The summed E-state index contributed by atoms with van der Waals surface area (Å²) < 4.78 is 11.1. The number of likely N-dealkylation sites (tertiary alicyclic amines) is 1. The first-order valence-electron chi connectivity index (χ1n) is 9.06. The molecule has 1 atom stereocenters. The van der Waals surface area contributed by atoms with Crippen LogP contribution in [-0.4, -0.2) is 31.0 Å². The van der Waals surface area contributed by atoms with Gasteiger partial charge >= 0.3 is 0 Å². The van der Waals surface area contributed by atoms with Gasteiger partial charge in [0.25, 0.3) is 5.91 Å². The van der Waals surface area contributed by atoms with Crippen molar-refractivity contribution in [3.63, 3.8) is 0 Å². The maximum absolute atomic E-state index is 12.7. The molecule has 1 fully saturated rings. The number of furan rings is 1. The normalized spacial score (nSPS) is 19.6. The van der Waals surface area contributed by atoms with E-state index in [2.05, 4.69) is 5.32 Å². The first kappa shape index (κ1) is 16.1. The van der Waals surface area contributed by atoms with Crippen molar-refractivity contribution in [3.8, 4) is 5.75 Å². The Morgan fingerprint density at radius 1 is 1.24 bits per heavy atom. The van der Waals surface area contributed by atoms with E-state index < -0.39 is 0 Å². The smallest absolute Gasteiger partial charge is 0.253 e. The Hall–Kier alpha value is -2.43. The SMILES string of the molecule is COc1ccc(C(=O)N2CCCC2)cc1N[C@H]1CCCc2occc21. The minimum Gasteiger partial charge on any atom is -0.495 e. The van der Waals surface area contributed by atoms with Gasteiger partial charge in [-0.05, 0) is 49.9 Å². The number of hydrogen-bond acceptors (Lipinski definition) is 4. The number of amides is 1. The van der Waals surface area contributed by atoms with Gasteiger partial charge in [0.1, 0.15) is 11.5 Å². The Balaban J connectivity index is 1.60. The molecule has 1 N–H and O–H groups in total. The third-order valence-corrected chi connectivity index (χ3v) is 5.22. The average Bonchev–Trinajstić information content (AvgIpc) is 3.33. The number of anilines is 1. The van der Waals surface area contributed by atoms with Crippen molar-refractivity contribution < 1.29 is 13.9 Å². The molecule has 1 aliphatic carbocycles. The largest absolute Gasteiger partial charge is 0.495 e. The van der Waals surface area contributed by atoms with Crippen LogP contribution < -0.4 is 10.1 Å². The molecule has 0 bridgehead atoms. The van der Waals surface area contributed by atoms with Gasteiger partial charge in [-0.15, -0.1) is 0 Å². The summed E-state index contributed by atoms with van der Waals surface area (Å²) in [6.07, 6.45) is 7.07. The lowest BCUT2D eigenvalue weighted by Gasteiger charge is -2.25. The van der Waals surface area contributed by atoms with E-state index >= 15 is 0 Å². The van der Waals surface area contributed by atoms with Gasteiger partial charge < -0.3 is 19.4 Å². The zero-order chi connectivity index (χ0) is 17.2. The fourth-order valence-corrected chi connectivity index (χ4v) is 3.88. The summed E-state index contributed by atoms with van der Waals surface area (Å²) in [6.45, 7) is 1.71. The zero-order valence-electron chi connectivity index (χ0n) is 14.6. The maximum atomic E-state index is 12.7. The number of nitrogens with one attached hydrogen (secondary N) is 1. The van der Waals surface area contributed by atoms with Crippen LogP contribution in [0, 0.1) is 0 Å². The number of carbonyl (C=O) groups is 1. The highest BCUT2D eigenvalue weighted by Crippen LogP contribution is 2.36. The van der Waals surface area contributed by atoms with Crippen molar-refractivity contribution in [3.05, 3.63) is 47.4 Å². The Morgan fingerprint density at radius 3 is 2.88 bits per heavy atom. The van der Waals surface area contributed by atoms with Crippen molar-refractivity contribution in [1.29, 1.82) is 0 Å². The van der Waals surface area contributed by atoms with Crippen LogP contribution in [0.15, 0.2) is 34.9 Å². The van der Waals surface area contributed by atoms with Crippen LogP contribution in [0.4, 0.5) is 5.69 Å². The van der Waals surface area contributed by atoms with Gasteiger partial charge in [0.2, 0.25) is 0 Å². The lowest BCUT2D eigenvalue weighted by Crippen LogP contribution is -2.27. The van der Waals surface area contributed by atoms with E-state index in [9.17, 15) is 4.79 Å². The summed E-state index contributed by atoms with van der Waals surface area (Å²) in [6, 6.07) is 7.89. The topological polar surface area (TPSA) is 54.7 Å². The molecular formula is C20H24N2O3. The second-order valence-corrected chi connectivity index (χ2v) is 6.80. The molecule has 1 aliphatic heterocycles. The van der Waals surface area contributed by atoms with E-state index in [1.54, 1.807) is 13.4 Å². The number of hydrogen-bond donors (Lipinski definition) is 1. The van der Waals surface area contributed by atoms with E-state index in [0.29, 0.717) is 5.56 Å². The number of methoxy groups -OCH3 is 1. The van der Waals surface area contributed by atoms with Gasteiger partial charge in [-0.2, -0.15) is 0 Å². The van der Waals surface area contributed by atoms with E-state index in [-0.39, 0.29) is 11.9 Å². The van der Waals surface area contributed by atoms with Gasteiger partial charge in [0.05, 0.1) is 25.1 Å². The Labute approximate surface area is 148 Å². The van der Waals surface area contributed by atoms with Gasteiger partial charge in [0.15, 0.2) is 0 Å². The number of nitrogens with zero attached hydrogens (tertiary/aromatic N) is 1. The Bertz CT molecular complexity index is 762. The van der Waals surface area contributed by atoms with E-state index in [0.717, 1.165) is 62.4 Å². The highest BCUT2D eigenvalue weighted by atomic mass is 16.5. The number of aryl methyl sites for hydroxylation is 1. The number of rotatable bonds is 4. The van der Waals surface area contributed by atoms with Crippen LogP contribution in [0.3, 0.4) is 0 Å². The molecule has 132 valence electrons. The third kappa shape index (κ3) is 3.11. The van der Waals surface area contributed by atoms with Crippen molar-refractivity contribution >= 4 is 11.6 Å². The van der Waals surface area contributed by atoms with Gasteiger partial charge in [-0.25, -0.2) is 0 Å². The van der Waals surface area contributed by atoms with Gasteiger partial charge in [-0.3, -0.25) is 4.79 Å². The fourth-order valence-electron chi connectivity index (χ4n) is 3.88. The van der Waals surface area contributed by atoms with Gasteiger partial charge in [-0.1, -0.05) is 0 Å². The van der Waals surface area contributed by atoms with Crippen molar-refractivity contribution in [2.24, 2.45) is 0 Å². The van der Waals surface area contributed by atoms with Crippen molar-refractivity contribution in [1.82, 2.24) is 4.90 Å². The van der Waals surface area contributed by atoms with E-state index in [4.69, 9.17) is 9.15 Å². The molecule has 2 heterocycles. The monoisotopic (exact) mass is 340 g/mol. The zero-order valence-corrected chi connectivity index (χ0v) is 14.6. The number of fused-ring (bicyclic) bond motifs is 1. The fraction of sp³-hybridized carbons (Fsp3) is 0.450. The molecule has 0 spiro atoms. The quantitative estimate of drug-likeness (QED) is 0.913. The summed E-state index contributed by atoms with van der Waals surface area (Å²) in [5.41, 5.74) is 2.80. The van der Waals surface area contributed by atoms with Crippen molar-refractivity contribution in [2.75, 3.05) is 25.5 Å². The molecule has 0 radical (unpaired) electrons. The molecule has 1 aromatic heterocycles. The van der Waals surface area contributed by atoms with Gasteiger partial charge in [0, 0.05) is 30.6 Å². The van der Waals surface area contributed by atoms with Crippen LogP contribution in [0.2, 0.25) is 0 Å². The maximum Gasteiger partial charge on any atom is 0.253 e. The highest BCUT2D eigenvalue weighted by molar-refractivity contribution is 5.95. The minimum atomic E-state index is 0.107. The third-order valence-electron chi connectivity index (χ3n) is 5.22. The van der Waals surface area contributed by atoms with E-state index in [1.807, 2.05) is 29.2 Å². The standard InChI is InChI=1S/C20H24N2O3/c1-24-19-8-7-14(20(23)22-10-2-3-11-22)13-17(19)21-16-5-4-6-18-15(16)9-12-25-18/h7-9,12-13,16,21H,2-6,10-11H2,1H3/t16-/m0/s1. The second kappa shape index (κ2) is 6.82. The van der Waals surface area contributed by atoms with Crippen LogP contribution in [0.5, 0.6) is 5.75 Å². The lowest BCUT2D eigenvalue weighted by molar-refractivity contribution is 0.0793. The Morgan fingerprint density at radius 2 is 2.08 bits per heavy atom. The molecule has 1 aromatic carbocycles. The van der Waals surface area contributed by atoms with E-state index in [1.165, 1.54) is 5.56 Å². The first-order valence-corrected chi connectivity index (χ1v) is 9.06. The van der Waals surface area contributed by atoms with Crippen molar-refractivity contribution in [2.45, 2.75) is 38.1 Å². The minimum absolute atomic E-state index is 0.107. The molecule has 2 aliphatic rings. The first-order chi connectivity index (χ1) is 12.3. The molecule has 25 heavy (non-hydrogen) atoms. The summed E-state index contributed by atoms with van der Waals surface area (Å²) >= 11 is 0. The summed E-state index contributed by atoms with van der Waals surface area (Å²) in [5, 5.41) is 3.57. The lowest BCUT2D eigenvalue weighted by atomic mass is 9.93. The second-order valence-electron chi connectivity index (χ2n) is 6.80. The molecule has 1 amide bonds. The number of ether oxygens (including phenoxy) is 1.